The molecule has 0 spiro atoms. The molecule has 7 nitrogen and oxygen atoms in total. The van der Waals surface area contributed by atoms with Crippen molar-refractivity contribution in [2.24, 2.45) is 0 Å². The molecular weight excluding hydrogens is 692 g/mol. The minimum atomic E-state index is -0.834. The maximum atomic E-state index is 14.2. The van der Waals surface area contributed by atoms with E-state index in [-0.39, 0.29) is 11.3 Å². The van der Waals surface area contributed by atoms with E-state index in [2.05, 4.69) is 47.8 Å². The molecular formula is C26H21Br3N2O5S. The van der Waals surface area contributed by atoms with Gasteiger partial charge in [-0.05, 0) is 46.0 Å². The molecule has 0 aliphatic heterocycles. The molecule has 0 atom stereocenters. The molecule has 1 aliphatic rings. The second-order valence-electron chi connectivity index (χ2n) is 8.44. The molecule has 2 aromatic heterocycles. The highest BCUT2D eigenvalue weighted by Crippen LogP contribution is 2.49. The molecule has 0 saturated heterocycles. The van der Waals surface area contributed by atoms with E-state index in [9.17, 15) is 9.59 Å². The van der Waals surface area contributed by atoms with Gasteiger partial charge in [0.2, 0.25) is 5.75 Å². The fourth-order valence-corrected chi connectivity index (χ4v) is 7.45. The third kappa shape index (κ3) is 4.43. The Morgan fingerprint density at radius 1 is 1.05 bits per heavy atom. The molecule has 37 heavy (non-hydrogen) atoms. The average Bonchev–Trinajstić information content (AvgIpc) is 3.27. The minimum Gasteiger partial charge on any atom is -0.493 e. The van der Waals surface area contributed by atoms with Gasteiger partial charge in [-0.2, -0.15) is 0 Å². The molecule has 0 radical (unpaired) electrons. The summed E-state index contributed by atoms with van der Waals surface area (Å²) in [6.07, 6.45) is 1.11. The number of ether oxygens (including phenoxy) is 3. The van der Waals surface area contributed by atoms with Crippen LogP contribution in [0.2, 0.25) is 0 Å². The Morgan fingerprint density at radius 3 is 2.41 bits per heavy atom. The predicted molar refractivity (Wildman–Crippen MR) is 155 cm³/mol. The molecule has 0 N–H and O–H groups in total. The summed E-state index contributed by atoms with van der Waals surface area (Å²) in [6, 6.07) is 11.5. The van der Waals surface area contributed by atoms with Crippen molar-refractivity contribution < 1.29 is 19.0 Å². The topological polar surface area (TPSA) is 79.7 Å². The van der Waals surface area contributed by atoms with Crippen LogP contribution in [0.25, 0.3) is 21.6 Å². The quantitative estimate of drug-likeness (QED) is 0.211. The van der Waals surface area contributed by atoms with Gasteiger partial charge < -0.3 is 14.2 Å². The third-order valence-corrected chi connectivity index (χ3v) is 9.76. The number of hydrogen-bond acceptors (Lipinski definition) is 7. The average molecular weight is 713 g/mol. The normalized spacial score (nSPS) is 14.5. The number of benzene rings is 2. The Morgan fingerprint density at radius 2 is 1.76 bits per heavy atom. The lowest BCUT2D eigenvalue weighted by Crippen LogP contribution is -2.30. The van der Waals surface area contributed by atoms with Crippen molar-refractivity contribution in [1.29, 1.82) is 0 Å². The number of nitrogens with zero attached hydrogens (tertiary/aromatic N) is 2. The number of aromatic nitrogens is 2. The number of halogens is 3. The Kier molecular flexibility index (Phi) is 7.25. The van der Waals surface area contributed by atoms with Crippen molar-refractivity contribution >= 4 is 75.1 Å². The van der Waals surface area contributed by atoms with Crippen molar-refractivity contribution in [2.75, 3.05) is 21.3 Å². The molecule has 0 amide bonds. The standard InChI is InChI=1S/C26H21Br3N2O5S/c1-34-16-11-15(18(27)20(36-3)19(16)35-2)23-30-24-17(14-9-10-26(28,29)22(32)21(14)37-24)25(33)31(23)12-13-7-5-4-6-8-13/h4-8,11H,9-10,12H2,1-3H3. The number of hydrogen-bond donors (Lipinski definition) is 0. The maximum absolute atomic E-state index is 14.2. The van der Waals surface area contributed by atoms with Crippen LogP contribution in [0.1, 0.15) is 27.2 Å². The number of carbonyl (C=O) groups is 1. The number of rotatable bonds is 6. The first kappa shape index (κ1) is 26.4. The van der Waals surface area contributed by atoms with Gasteiger partial charge in [-0.15, -0.1) is 11.3 Å². The lowest BCUT2D eigenvalue weighted by molar-refractivity contribution is 0.0977. The summed E-state index contributed by atoms with van der Waals surface area (Å²) in [5.41, 5.74) is 2.09. The Hall–Kier alpha value is -2.21. The molecule has 11 heteroatoms. The van der Waals surface area contributed by atoms with Crippen molar-refractivity contribution in [2.45, 2.75) is 22.6 Å². The molecule has 1 aliphatic carbocycles. The van der Waals surface area contributed by atoms with Crippen LogP contribution in [-0.2, 0) is 13.0 Å². The summed E-state index contributed by atoms with van der Waals surface area (Å²) in [4.78, 5) is 33.4. The molecule has 4 aromatic rings. The number of Topliss-reactive ketones (excluding diaryl/α,β-unsaturated/α-hetero) is 1. The van der Waals surface area contributed by atoms with Gasteiger partial charge in [0.05, 0.1) is 42.6 Å². The highest BCUT2D eigenvalue weighted by atomic mass is 79.9. The summed E-state index contributed by atoms with van der Waals surface area (Å²) in [5, 5.41) is 0.493. The lowest BCUT2D eigenvalue weighted by Gasteiger charge is -2.23. The third-order valence-electron chi connectivity index (χ3n) is 6.33. The number of methoxy groups -OCH3 is 3. The summed E-state index contributed by atoms with van der Waals surface area (Å²) in [5.74, 6) is 1.59. The Bertz CT molecular complexity index is 1600. The Labute approximate surface area is 242 Å². The van der Waals surface area contributed by atoms with E-state index < -0.39 is 3.23 Å². The van der Waals surface area contributed by atoms with Gasteiger partial charge in [-0.25, -0.2) is 4.98 Å². The highest BCUT2D eigenvalue weighted by molar-refractivity contribution is 9.26. The molecule has 2 heterocycles. The van der Waals surface area contributed by atoms with Crippen LogP contribution in [0, 0.1) is 0 Å². The van der Waals surface area contributed by atoms with Gasteiger partial charge in [-0.3, -0.25) is 14.2 Å². The fraction of sp³-hybridized carbons (Fsp3) is 0.269. The number of thiophene rings is 1. The second-order valence-corrected chi connectivity index (χ2v) is 14.0. The monoisotopic (exact) mass is 710 g/mol. The van der Waals surface area contributed by atoms with E-state index >= 15 is 0 Å². The largest absolute Gasteiger partial charge is 0.493 e. The summed E-state index contributed by atoms with van der Waals surface area (Å²) in [6.45, 7) is 0.292. The highest BCUT2D eigenvalue weighted by Gasteiger charge is 2.41. The van der Waals surface area contributed by atoms with Crippen LogP contribution in [0.4, 0.5) is 0 Å². The van der Waals surface area contributed by atoms with E-state index in [1.807, 2.05) is 30.3 Å². The van der Waals surface area contributed by atoms with Crippen molar-refractivity contribution in [3.63, 3.8) is 0 Å². The van der Waals surface area contributed by atoms with Crippen LogP contribution in [-0.4, -0.2) is 39.9 Å². The van der Waals surface area contributed by atoms with Crippen LogP contribution >= 0.6 is 59.1 Å². The van der Waals surface area contributed by atoms with E-state index in [1.54, 1.807) is 10.6 Å². The van der Waals surface area contributed by atoms with E-state index in [1.165, 1.54) is 32.7 Å². The van der Waals surface area contributed by atoms with Gasteiger partial charge in [0.15, 0.2) is 17.3 Å². The molecule has 0 bridgehead atoms. The molecule has 192 valence electrons. The fourth-order valence-electron chi connectivity index (χ4n) is 4.52. The number of ketones is 1. The van der Waals surface area contributed by atoms with Crippen LogP contribution in [0.5, 0.6) is 17.2 Å². The summed E-state index contributed by atoms with van der Waals surface area (Å²) in [7, 11) is 4.60. The zero-order valence-corrected chi connectivity index (χ0v) is 25.6. The molecule has 0 unspecified atom stereocenters. The van der Waals surface area contributed by atoms with Gasteiger partial charge in [-0.1, -0.05) is 62.2 Å². The zero-order valence-electron chi connectivity index (χ0n) is 20.1. The van der Waals surface area contributed by atoms with Gasteiger partial charge in [0, 0.05) is 5.56 Å². The Balaban J connectivity index is 1.85. The lowest BCUT2D eigenvalue weighted by atomic mass is 9.96. The summed E-state index contributed by atoms with van der Waals surface area (Å²) >= 11 is 11.9. The SMILES string of the molecule is COc1cc(-c2nc3sc4c(c3c(=O)n2Cc2ccccc2)CCC(Br)(Br)C4=O)c(Br)c(OC)c1OC. The van der Waals surface area contributed by atoms with Gasteiger partial charge in [0.1, 0.15) is 13.9 Å². The first-order valence-corrected chi connectivity index (χ1v) is 14.4. The van der Waals surface area contributed by atoms with Gasteiger partial charge in [0.25, 0.3) is 5.56 Å². The number of alkyl halides is 2. The summed E-state index contributed by atoms with van der Waals surface area (Å²) < 4.78 is 18.1. The van der Waals surface area contributed by atoms with E-state index in [4.69, 9.17) is 19.2 Å². The van der Waals surface area contributed by atoms with Crippen molar-refractivity contribution in [3.8, 4) is 28.6 Å². The van der Waals surface area contributed by atoms with Crippen molar-refractivity contribution in [3.05, 3.63) is 67.2 Å². The van der Waals surface area contributed by atoms with Crippen LogP contribution in [0.15, 0.2) is 45.7 Å². The first-order valence-electron chi connectivity index (χ1n) is 11.2. The molecule has 2 aromatic carbocycles. The van der Waals surface area contributed by atoms with Crippen LogP contribution in [0.3, 0.4) is 0 Å². The first-order chi connectivity index (χ1) is 17.7. The number of carbonyl (C=O) groups excluding carboxylic acids is 1. The minimum absolute atomic E-state index is 0.0960. The molecule has 5 rings (SSSR count). The van der Waals surface area contributed by atoms with E-state index in [0.29, 0.717) is 67.6 Å². The zero-order chi connectivity index (χ0) is 26.5. The molecule has 0 saturated carbocycles. The van der Waals surface area contributed by atoms with Crippen molar-refractivity contribution in [1.82, 2.24) is 9.55 Å². The predicted octanol–water partition coefficient (Wildman–Crippen LogP) is 6.58. The second kappa shape index (κ2) is 10.2. The smallest absolute Gasteiger partial charge is 0.263 e. The van der Waals surface area contributed by atoms with Gasteiger partial charge >= 0.3 is 0 Å². The van der Waals surface area contributed by atoms with E-state index in [0.717, 1.165) is 11.1 Å². The number of aryl methyl sites for hydroxylation is 1. The maximum Gasteiger partial charge on any atom is 0.263 e. The number of fused-ring (bicyclic) bond motifs is 3. The van der Waals surface area contributed by atoms with Crippen LogP contribution < -0.4 is 19.8 Å². The molecule has 0 fully saturated rings.